The second kappa shape index (κ2) is 3.70. The topological polar surface area (TPSA) is 17.1 Å². The van der Waals surface area contributed by atoms with Gasteiger partial charge in [-0.1, -0.05) is 18.6 Å². The lowest BCUT2D eigenvalue weighted by atomic mass is 9.86. The van der Waals surface area contributed by atoms with Crippen molar-refractivity contribution in [3.8, 4) is 0 Å². The van der Waals surface area contributed by atoms with Crippen LogP contribution >= 0.6 is 0 Å². The first-order valence-electron chi connectivity index (χ1n) is 4.42. The van der Waals surface area contributed by atoms with Gasteiger partial charge < -0.3 is 0 Å². The van der Waals surface area contributed by atoms with Crippen LogP contribution in [0.1, 0.15) is 39.5 Å². The minimum Gasteiger partial charge on any atom is -0.299 e. The van der Waals surface area contributed by atoms with Crippen molar-refractivity contribution in [3.05, 3.63) is 11.6 Å². The molecule has 1 aliphatic rings. The smallest absolute Gasteiger partial charge is 0.136 e. The molecule has 0 aromatic heterocycles. The third-order valence-electron chi connectivity index (χ3n) is 2.44. The zero-order chi connectivity index (χ0) is 8.27. The van der Waals surface area contributed by atoms with Crippen LogP contribution in [-0.2, 0) is 4.79 Å². The van der Waals surface area contributed by atoms with Gasteiger partial charge in [-0.15, -0.1) is 0 Å². The SMILES string of the molecule is CCC(=O)[C@@H]1CC=C(C)CC1. The summed E-state index contributed by atoms with van der Waals surface area (Å²) < 4.78 is 0. The van der Waals surface area contributed by atoms with Gasteiger partial charge in [0.2, 0.25) is 0 Å². The number of hydrogen-bond donors (Lipinski definition) is 0. The minimum absolute atomic E-state index is 0.337. The molecule has 1 aliphatic carbocycles. The highest BCUT2D eigenvalue weighted by atomic mass is 16.1. The Hall–Kier alpha value is -0.590. The Morgan fingerprint density at radius 2 is 2.45 bits per heavy atom. The van der Waals surface area contributed by atoms with E-state index in [2.05, 4.69) is 13.0 Å². The fourth-order valence-electron chi connectivity index (χ4n) is 1.55. The normalized spacial score (nSPS) is 24.5. The van der Waals surface area contributed by atoms with Crippen molar-refractivity contribution in [3.63, 3.8) is 0 Å². The predicted molar refractivity (Wildman–Crippen MR) is 46.4 cm³/mol. The zero-order valence-corrected chi connectivity index (χ0v) is 7.39. The standard InChI is InChI=1S/C10H16O/c1-3-10(11)9-6-4-8(2)5-7-9/h4,9H,3,5-7H2,1-2H3/t9-/m1/s1. The first kappa shape index (κ1) is 8.51. The molecule has 1 rings (SSSR count). The molecule has 11 heavy (non-hydrogen) atoms. The first-order chi connectivity index (χ1) is 5.24. The van der Waals surface area contributed by atoms with Crippen LogP contribution < -0.4 is 0 Å². The van der Waals surface area contributed by atoms with E-state index in [1.807, 2.05) is 6.92 Å². The Kier molecular flexibility index (Phi) is 2.86. The monoisotopic (exact) mass is 152 g/mol. The first-order valence-corrected chi connectivity index (χ1v) is 4.42. The zero-order valence-electron chi connectivity index (χ0n) is 7.39. The lowest BCUT2D eigenvalue weighted by Gasteiger charge is -2.18. The molecule has 0 aromatic rings. The van der Waals surface area contributed by atoms with Crippen molar-refractivity contribution in [2.75, 3.05) is 0 Å². The average Bonchev–Trinajstić information content (AvgIpc) is 2.05. The van der Waals surface area contributed by atoms with E-state index >= 15 is 0 Å². The Morgan fingerprint density at radius 1 is 1.73 bits per heavy atom. The molecule has 0 heterocycles. The Morgan fingerprint density at radius 3 is 2.91 bits per heavy atom. The summed E-state index contributed by atoms with van der Waals surface area (Å²) in [5, 5.41) is 0. The third kappa shape index (κ3) is 2.18. The van der Waals surface area contributed by atoms with Gasteiger partial charge in [0, 0.05) is 12.3 Å². The Balaban J connectivity index is 2.47. The maximum Gasteiger partial charge on any atom is 0.136 e. The quantitative estimate of drug-likeness (QED) is 0.556. The Labute approximate surface area is 68.5 Å². The molecule has 62 valence electrons. The van der Waals surface area contributed by atoms with E-state index < -0.39 is 0 Å². The lowest BCUT2D eigenvalue weighted by Crippen LogP contribution is -2.15. The summed E-state index contributed by atoms with van der Waals surface area (Å²) in [6, 6.07) is 0. The number of rotatable bonds is 2. The van der Waals surface area contributed by atoms with Crippen LogP contribution in [0, 0.1) is 5.92 Å². The van der Waals surface area contributed by atoms with Crippen molar-refractivity contribution in [2.45, 2.75) is 39.5 Å². The van der Waals surface area contributed by atoms with Gasteiger partial charge in [-0.2, -0.15) is 0 Å². The van der Waals surface area contributed by atoms with Gasteiger partial charge >= 0.3 is 0 Å². The molecule has 1 atom stereocenters. The summed E-state index contributed by atoms with van der Waals surface area (Å²) >= 11 is 0. The van der Waals surface area contributed by atoms with Crippen molar-refractivity contribution in [1.29, 1.82) is 0 Å². The summed E-state index contributed by atoms with van der Waals surface area (Å²) in [7, 11) is 0. The van der Waals surface area contributed by atoms with Gasteiger partial charge in [0.1, 0.15) is 5.78 Å². The van der Waals surface area contributed by atoms with E-state index in [-0.39, 0.29) is 0 Å². The second-order valence-corrected chi connectivity index (χ2v) is 3.34. The molecular formula is C10H16O. The van der Waals surface area contributed by atoms with Crippen LogP contribution in [0.2, 0.25) is 0 Å². The van der Waals surface area contributed by atoms with E-state index in [0.29, 0.717) is 18.1 Å². The molecule has 0 amide bonds. The van der Waals surface area contributed by atoms with Crippen LogP contribution in [0.5, 0.6) is 0 Å². The third-order valence-corrected chi connectivity index (χ3v) is 2.44. The van der Waals surface area contributed by atoms with Crippen LogP contribution in [0.4, 0.5) is 0 Å². The second-order valence-electron chi connectivity index (χ2n) is 3.34. The predicted octanol–water partition coefficient (Wildman–Crippen LogP) is 2.71. The molecule has 0 radical (unpaired) electrons. The van der Waals surface area contributed by atoms with Gasteiger partial charge in [-0.05, 0) is 26.2 Å². The lowest BCUT2D eigenvalue weighted by molar-refractivity contribution is -0.122. The number of allylic oxidation sites excluding steroid dienone is 2. The van der Waals surface area contributed by atoms with Gasteiger partial charge in [0.15, 0.2) is 0 Å². The van der Waals surface area contributed by atoms with Gasteiger partial charge in [0.25, 0.3) is 0 Å². The maximum absolute atomic E-state index is 11.2. The molecule has 0 aliphatic heterocycles. The highest BCUT2D eigenvalue weighted by Crippen LogP contribution is 2.24. The average molecular weight is 152 g/mol. The van der Waals surface area contributed by atoms with Crippen molar-refractivity contribution in [2.24, 2.45) is 5.92 Å². The summed E-state index contributed by atoms with van der Waals surface area (Å²) in [5.74, 6) is 0.775. The van der Waals surface area contributed by atoms with E-state index in [9.17, 15) is 4.79 Å². The molecule has 0 fully saturated rings. The number of carbonyl (C=O) groups excluding carboxylic acids is 1. The van der Waals surface area contributed by atoms with Crippen LogP contribution in [0.25, 0.3) is 0 Å². The highest BCUT2D eigenvalue weighted by molar-refractivity contribution is 5.81. The molecule has 0 saturated carbocycles. The molecule has 1 heteroatoms. The molecule has 0 unspecified atom stereocenters. The van der Waals surface area contributed by atoms with Crippen LogP contribution in [0.3, 0.4) is 0 Å². The number of Topliss-reactive ketones (excluding diaryl/α,β-unsaturated/α-hetero) is 1. The molecule has 0 spiro atoms. The molecule has 0 bridgehead atoms. The van der Waals surface area contributed by atoms with Crippen LogP contribution in [0.15, 0.2) is 11.6 Å². The fourth-order valence-corrected chi connectivity index (χ4v) is 1.55. The highest BCUT2D eigenvalue weighted by Gasteiger charge is 2.17. The number of carbonyl (C=O) groups is 1. The maximum atomic E-state index is 11.2. The van der Waals surface area contributed by atoms with Crippen molar-refractivity contribution in [1.82, 2.24) is 0 Å². The van der Waals surface area contributed by atoms with Gasteiger partial charge in [0.05, 0.1) is 0 Å². The molecule has 0 aromatic carbocycles. The van der Waals surface area contributed by atoms with Crippen LogP contribution in [-0.4, -0.2) is 5.78 Å². The number of ketones is 1. The van der Waals surface area contributed by atoms with E-state index in [1.54, 1.807) is 0 Å². The summed E-state index contributed by atoms with van der Waals surface area (Å²) in [6.45, 7) is 4.10. The largest absolute Gasteiger partial charge is 0.299 e. The van der Waals surface area contributed by atoms with Crippen molar-refractivity contribution < 1.29 is 4.79 Å². The summed E-state index contributed by atoms with van der Waals surface area (Å²) in [6.07, 6.45) is 6.10. The van der Waals surface area contributed by atoms with Gasteiger partial charge in [-0.3, -0.25) is 4.79 Å². The van der Waals surface area contributed by atoms with E-state index in [0.717, 1.165) is 19.3 Å². The van der Waals surface area contributed by atoms with Gasteiger partial charge in [-0.25, -0.2) is 0 Å². The minimum atomic E-state index is 0.337. The number of hydrogen-bond acceptors (Lipinski definition) is 1. The molecule has 0 N–H and O–H groups in total. The van der Waals surface area contributed by atoms with E-state index in [4.69, 9.17) is 0 Å². The fraction of sp³-hybridized carbons (Fsp3) is 0.700. The summed E-state index contributed by atoms with van der Waals surface area (Å²) in [5.41, 5.74) is 1.45. The molecular weight excluding hydrogens is 136 g/mol. The van der Waals surface area contributed by atoms with E-state index in [1.165, 1.54) is 5.57 Å². The van der Waals surface area contributed by atoms with Crippen molar-refractivity contribution >= 4 is 5.78 Å². The molecule has 0 saturated heterocycles. The Bertz CT molecular complexity index is 179. The molecule has 1 nitrogen and oxygen atoms in total. The summed E-state index contributed by atoms with van der Waals surface area (Å²) in [4.78, 5) is 11.2.